The molecule has 1 N–H and O–H groups in total. The summed E-state index contributed by atoms with van der Waals surface area (Å²) in [6.45, 7) is 8.03. The lowest BCUT2D eigenvalue weighted by molar-refractivity contribution is -0.144. The summed E-state index contributed by atoms with van der Waals surface area (Å²) in [5, 5.41) is 12.7. The van der Waals surface area contributed by atoms with Crippen LogP contribution in [0.1, 0.15) is 12.0 Å². The number of amides is 3. The van der Waals surface area contributed by atoms with Gasteiger partial charge in [-0.2, -0.15) is 0 Å². The third-order valence-corrected chi connectivity index (χ3v) is 12.8. The van der Waals surface area contributed by atoms with Gasteiger partial charge in [-0.1, -0.05) is 88.7 Å². The number of fused-ring (bicyclic) bond motifs is 2. The highest BCUT2D eigenvalue weighted by molar-refractivity contribution is 9.09. The van der Waals surface area contributed by atoms with E-state index in [0.717, 1.165) is 16.3 Å². The van der Waals surface area contributed by atoms with Gasteiger partial charge in [-0.05, 0) is 41.3 Å². The molecule has 3 heterocycles. The van der Waals surface area contributed by atoms with Crippen molar-refractivity contribution >= 4 is 61.9 Å². The van der Waals surface area contributed by atoms with Gasteiger partial charge in [0.25, 0.3) is 5.91 Å². The number of benzene rings is 3. The first kappa shape index (κ1) is 31.6. The maximum atomic E-state index is 15.1. The normalized spacial score (nSPS) is 27.3. The van der Waals surface area contributed by atoms with Crippen molar-refractivity contribution in [3.05, 3.63) is 104 Å². The van der Waals surface area contributed by atoms with E-state index in [2.05, 4.69) is 29.1 Å². The molecule has 1 spiro atoms. The lowest BCUT2D eigenvalue weighted by atomic mass is 9.70. The van der Waals surface area contributed by atoms with Gasteiger partial charge in [-0.25, -0.2) is 0 Å². The maximum Gasteiger partial charge on any atom is 0.251 e. The van der Waals surface area contributed by atoms with Crippen molar-refractivity contribution in [3.63, 3.8) is 0 Å². The standard InChI is InChI=1S/C36H38BrN3O4S/c1-4-17-38(3)33(42)29-30-34(43)40(27(22-41)19-23-11-7-6-8-12-23)32(36(30)21-28(37)31(29)45-36)35(44)39(18-5-2)26-16-15-24-13-9-10-14-25(24)20-26/h4-16,20,27-32,41H,1-2,17-19,21-22H2,3H3/t27-,28?,29-,30+,31-,32?,36?/m1/s1. The highest BCUT2D eigenvalue weighted by Crippen LogP contribution is 2.68. The van der Waals surface area contributed by atoms with Crippen LogP contribution in [0.3, 0.4) is 0 Å². The van der Waals surface area contributed by atoms with Crippen molar-refractivity contribution in [1.82, 2.24) is 9.80 Å². The van der Waals surface area contributed by atoms with Crippen LogP contribution >= 0.6 is 27.7 Å². The van der Waals surface area contributed by atoms with Crippen LogP contribution < -0.4 is 4.90 Å². The number of likely N-dealkylation sites (tertiary alicyclic amines) is 1. The molecule has 3 aromatic carbocycles. The second-order valence-electron chi connectivity index (χ2n) is 12.2. The van der Waals surface area contributed by atoms with Gasteiger partial charge in [0.2, 0.25) is 11.8 Å². The van der Waals surface area contributed by atoms with E-state index in [9.17, 15) is 14.7 Å². The average molecular weight is 689 g/mol. The minimum Gasteiger partial charge on any atom is -0.394 e. The van der Waals surface area contributed by atoms with Gasteiger partial charge < -0.3 is 19.8 Å². The molecule has 234 valence electrons. The lowest BCUT2D eigenvalue weighted by Crippen LogP contribution is -2.58. The lowest BCUT2D eigenvalue weighted by Gasteiger charge is -2.40. The second kappa shape index (κ2) is 12.8. The number of aliphatic hydroxyl groups is 1. The molecular formula is C36H38BrN3O4S. The zero-order valence-corrected chi connectivity index (χ0v) is 27.7. The first-order valence-electron chi connectivity index (χ1n) is 15.3. The fourth-order valence-corrected chi connectivity index (χ4v) is 11.2. The summed E-state index contributed by atoms with van der Waals surface area (Å²) >= 11 is 5.46. The Morgan fingerprint density at radius 2 is 1.73 bits per heavy atom. The van der Waals surface area contributed by atoms with E-state index in [1.165, 1.54) is 0 Å². The van der Waals surface area contributed by atoms with Gasteiger partial charge in [0.05, 0.1) is 29.2 Å². The zero-order chi connectivity index (χ0) is 31.9. The third kappa shape index (κ3) is 5.32. The highest BCUT2D eigenvalue weighted by atomic mass is 79.9. The van der Waals surface area contributed by atoms with Crippen LogP contribution in [0, 0.1) is 11.8 Å². The topological polar surface area (TPSA) is 81.2 Å². The molecule has 7 nitrogen and oxygen atoms in total. The fraction of sp³-hybridized carbons (Fsp3) is 0.361. The van der Waals surface area contributed by atoms with Gasteiger partial charge in [-0.3, -0.25) is 14.4 Å². The molecule has 3 aromatic rings. The SMILES string of the molecule is C=CCN(C)C(=O)[C@H]1[C@@H]2SC3(CC2Br)C(C(=O)N(CC=C)c2ccc4ccccc4c2)N([C@@H](CO)Cc2ccccc2)C(=O)[C@H]13. The Morgan fingerprint density at radius 1 is 1.04 bits per heavy atom. The van der Waals surface area contributed by atoms with Gasteiger partial charge in [0.1, 0.15) is 6.04 Å². The Labute approximate surface area is 277 Å². The number of likely N-dealkylation sites (N-methyl/N-ethyl adjacent to an activating group) is 1. The quantitative estimate of drug-likeness (QED) is 0.225. The molecular weight excluding hydrogens is 650 g/mol. The number of nitrogens with zero attached hydrogens (tertiary/aromatic N) is 3. The summed E-state index contributed by atoms with van der Waals surface area (Å²) in [5.41, 5.74) is 1.66. The molecule has 3 amide bonds. The van der Waals surface area contributed by atoms with E-state index < -0.39 is 28.7 Å². The van der Waals surface area contributed by atoms with Crippen molar-refractivity contribution in [3.8, 4) is 0 Å². The number of hydrogen-bond donors (Lipinski definition) is 1. The van der Waals surface area contributed by atoms with Gasteiger partial charge in [0, 0.05) is 35.9 Å². The Morgan fingerprint density at radius 3 is 2.42 bits per heavy atom. The average Bonchev–Trinajstić information content (AvgIpc) is 3.65. The van der Waals surface area contributed by atoms with Gasteiger partial charge in [-0.15, -0.1) is 24.9 Å². The second-order valence-corrected chi connectivity index (χ2v) is 14.9. The summed E-state index contributed by atoms with van der Waals surface area (Å²) in [5.74, 6) is -1.88. The van der Waals surface area contributed by atoms with Crippen LogP contribution in [0.15, 0.2) is 98.1 Å². The Balaban J connectivity index is 1.47. The van der Waals surface area contributed by atoms with Crippen LogP contribution in [-0.2, 0) is 20.8 Å². The van der Waals surface area contributed by atoms with Crippen LogP contribution in [0.2, 0.25) is 0 Å². The van der Waals surface area contributed by atoms with Crippen LogP contribution in [0.25, 0.3) is 10.8 Å². The number of aliphatic hydroxyl groups excluding tert-OH is 1. The molecule has 6 rings (SSSR count). The summed E-state index contributed by atoms with van der Waals surface area (Å²) in [6, 6.07) is 22.1. The number of hydrogen-bond acceptors (Lipinski definition) is 5. The van der Waals surface area contributed by atoms with E-state index in [4.69, 9.17) is 0 Å². The van der Waals surface area contributed by atoms with Crippen molar-refractivity contribution < 1.29 is 19.5 Å². The smallest absolute Gasteiger partial charge is 0.251 e. The van der Waals surface area contributed by atoms with Crippen molar-refractivity contribution in [2.75, 3.05) is 31.6 Å². The number of carbonyl (C=O) groups excluding carboxylic acids is 3. The van der Waals surface area contributed by atoms with E-state index in [0.29, 0.717) is 25.1 Å². The maximum absolute atomic E-state index is 15.1. The molecule has 3 fully saturated rings. The Bertz CT molecular complexity index is 1630. The summed E-state index contributed by atoms with van der Waals surface area (Å²) in [6.07, 6.45) is 4.31. The highest BCUT2D eigenvalue weighted by Gasteiger charge is 2.76. The predicted molar refractivity (Wildman–Crippen MR) is 184 cm³/mol. The van der Waals surface area contributed by atoms with Crippen molar-refractivity contribution in [2.45, 2.75) is 39.7 Å². The number of rotatable bonds is 11. The molecule has 0 aliphatic carbocycles. The number of thioether (sulfide) groups is 1. The molecule has 9 heteroatoms. The molecule has 3 saturated heterocycles. The Kier molecular flexibility index (Phi) is 8.96. The van der Waals surface area contributed by atoms with Crippen LogP contribution in [0.4, 0.5) is 5.69 Å². The van der Waals surface area contributed by atoms with Crippen molar-refractivity contribution in [2.24, 2.45) is 11.8 Å². The summed E-state index contributed by atoms with van der Waals surface area (Å²) in [7, 11) is 1.73. The Hall–Kier alpha value is -3.40. The molecule has 0 saturated carbocycles. The minimum atomic E-state index is -0.889. The molecule has 3 aliphatic heterocycles. The molecule has 3 aliphatic rings. The number of alkyl halides is 1. The molecule has 0 aromatic heterocycles. The van der Waals surface area contributed by atoms with Crippen molar-refractivity contribution in [1.29, 1.82) is 0 Å². The molecule has 45 heavy (non-hydrogen) atoms. The molecule has 3 unspecified atom stereocenters. The zero-order valence-electron chi connectivity index (χ0n) is 25.3. The first-order valence-corrected chi connectivity index (χ1v) is 17.1. The van der Waals surface area contributed by atoms with Crippen LogP contribution in [0.5, 0.6) is 0 Å². The van der Waals surface area contributed by atoms with Crippen LogP contribution in [-0.4, -0.2) is 86.3 Å². The third-order valence-electron chi connectivity index (χ3n) is 9.57. The summed E-state index contributed by atoms with van der Waals surface area (Å²) < 4.78 is -0.845. The van der Waals surface area contributed by atoms with Gasteiger partial charge >= 0.3 is 0 Å². The molecule has 0 radical (unpaired) electrons. The first-order chi connectivity index (χ1) is 21.7. The largest absolute Gasteiger partial charge is 0.394 e. The van der Waals surface area contributed by atoms with E-state index in [1.807, 2.05) is 72.8 Å². The summed E-state index contributed by atoms with van der Waals surface area (Å²) in [4.78, 5) is 48.8. The minimum absolute atomic E-state index is 0.0527. The van der Waals surface area contributed by atoms with E-state index in [-0.39, 0.29) is 41.0 Å². The predicted octanol–water partition coefficient (Wildman–Crippen LogP) is 5.07. The van der Waals surface area contributed by atoms with Gasteiger partial charge in [0.15, 0.2) is 0 Å². The molecule has 2 bridgehead atoms. The van der Waals surface area contributed by atoms with E-state index >= 15 is 4.79 Å². The monoisotopic (exact) mass is 687 g/mol. The number of halogens is 1. The molecule has 7 atom stereocenters. The number of anilines is 1. The van der Waals surface area contributed by atoms with E-state index in [1.54, 1.807) is 45.7 Å². The number of carbonyl (C=O) groups is 3. The fourth-order valence-electron chi connectivity index (χ4n) is 7.64.